The maximum absolute atomic E-state index is 5.97. The van der Waals surface area contributed by atoms with Gasteiger partial charge < -0.3 is 0 Å². The van der Waals surface area contributed by atoms with Crippen molar-refractivity contribution >= 4 is 17.3 Å². The molecule has 0 spiro atoms. The number of aliphatic imine (C=N–C) groups is 1. The van der Waals surface area contributed by atoms with E-state index >= 15 is 0 Å². The molecule has 2 heteroatoms. The lowest BCUT2D eigenvalue weighted by Crippen LogP contribution is -1.95. The highest BCUT2D eigenvalue weighted by atomic mass is 35.5. The highest BCUT2D eigenvalue weighted by Gasteiger charge is 2.16. The van der Waals surface area contributed by atoms with Crippen LogP contribution in [0.25, 0.3) is 0 Å². The lowest BCUT2D eigenvalue weighted by atomic mass is 10.1. The summed E-state index contributed by atoms with van der Waals surface area (Å²) in [5.41, 5.74) is 2.27. The van der Waals surface area contributed by atoms with Crippen LogP contribution in [0, 0.1) is 12.3 Å². The van der Waals surface area contributed by atoms with Crippen molar-refractivity contribution in [1.82, 2.24) is 0 Å². The van der Waals surface area contributed by atoms with Crippen LogP contribution in [0.1, 0.15) is 24.8 Å². The monoisotopic (exact) mass is 243 g/mol. The molecule has 1 aliphatic heterocycles. The average Bonchev–Trinajstić information content (AvgIpc) is 2.78. The van der Waals surface area contributed by atoms with Gasteiger partial charge in [0, 0.05) is 17.2 Å². The van der Waals surface area contributed by atoms with Crippen molar-refractivity contribution in [2.24, 2.45) is 4.99 Å². The molecule has 86 valence electrons. The van der Waals surface area contributed by atoms with Crippen LogP contribution >= 0.6 is 11.6 Å². The van der Waals surface area contributed by atoms with E-state index in [1.165, 1.54) is 0 Å². The minimum Gasteiger partial charge on any atom is -0.282 e. The van der Waals surface area contributed by atoms with Crippen molar-refractivity contribution in [3.63, 3.8) is 0 Å². The van der Waals surface area contributed by atoms with Crippen LogP contribution in [0.5, 0.6) is 0 Å². The van der Waals surface area contributed by atoms with E-state index in [0.29, 0.717) is 6.42 Å². The van der Waals surface area contributed by atoms with E-state index in [-0.39, 0.29) is 6.04 Å². The molecule has 0 saturated carbocycles. The Morgan fingerprint density at radius 1 is 1.53 bits per heavy atom. The van der Waals surface area contributed by atoms with Crippen LogP contribution in [0.3, 0.4) is 0 Å². The van der Waals surface area contributed by atoms with Gasteiger partial charge in [-0.2, -0.15) is 0 Å². The number of allylic oxidation sites excluding steroid dienone is 1. The largest absolute Gasteiger partial charge is 0.282 e. The summed E-state index contributed by atoms with van der Waals surface area (Å²) in [4.78, 5) is 4.67. The summed E-state index contributed by atoms with van der Waals surface area (Å²) in [7, 11) is 0. The standard InChI is InChI=1S/C15H14ClN/c1-2-3-4-8-14-9-10-15(17-14)12-6-5-7-13(16)11-12/h1,4-8,11,14H,3,9-10H2/b8-4+. The van der Waals surface area contributed by atoms with E-state index in [2.05, 4.69) is 23.1 Å². The van der Waals surface area contributed by atoms with E-state index in [1.54, 1.807) is 0 Å². The third-order valence-corrected chi connectivity index (χ3v) is 2.99. The van der Waals surface area contributed by atoms with Crippen molar-refractivity contribution in [2.75, 3.05) is 0 Å². The van der Waals surface area contributed by atoms with Crippen LogP contribution in [-0.4, -0.2) is 11.8 Å². The zero-order chi connectivity index (χ0) is 12.1. The summed E-state index contributed by atoms with van der Waals surface area (Å²) in [5.74, 6) is 2.59. The first-order chi connectivity index (χ1) is 8.29. The highest BCUT2D eigenvalue weighted by molar-refractivity contribution is 6.31. The molecule has 17 heavy (non-hydrogen) atoms. The number of terminal acetylenes is 1. The van der Waals surface area contributed by atoms with Gasteiger partial charge in [-0.1, -0.05) is 35.9 Å². The van der Waals surface area contributed by atoms with E-state index in [9.17, 15) is 0 Å². The Bertz CT molecular complexity index is 494. The van der Waals surface area contributed by atoms with Gasteiger partial charge in [0.25, 0.3) is 0 Å². The van der Waals surface area contributed by atoms with Gasteiger partial charge in [-0.05, 0) is 30.5 Å². The van der Waals surface area contributed by atoms with Crippen molar-refractivity contribution in [3.8, 4) is 12.3 Å². The van der Waals surface area contributed by atoms with Gasteiger partial charge in [0.15, 0.2) is 0 Å². The lowest BCUT2D eigenvalue weighted by Gasteiger charge is -2.00. The third kappa shape index (κ3) is 3.22. The number of halogens is 1. The SMILES string of the molecule is C#CC/C=C/C1CCC(c2cccc(Cl)c2)=N1. The molecule has 1 aromatic rings. The second-order valence-electron chi connectivity index (χ2n) is 4.03. The molecule has 0 amide bonds. The Morgan fingerprint density at radius 2 is 2.41 bits per heavy atom. The Hall–Kier alpha value is -1.52. The lowest BCUT2D eigenvalue weighted by molar-refractivity contribution is 0.805. The van der Waals surface area contributed by atoms with Crippen LogP contribution in [-0.2, 0) is 0 Å². The van der Waals surface area contributed by atoms with Gasteiger partial charge in [0.1, 0.15) is 0 Å². The molecule has 2 rings (SSSR count). The molecule has 1 unspecified atom stereocenters. The Balaban J connectivity index is 2.09. The molecule has 0 saturated heterocycles. The van der Waals surface area contributed by atoms with Gasteiger partial charge in [0.05, 0.1) is 6.04 Å². The predicted octanol–water partition coefficient (Wildman–Crippen LogP) is 3.87. The summed E-state index contributed by atoms with van der Waals surface area (Å²) in [6, 6.07) is 8.14. The van der Waals surface area contributed by atoms with Crippen molar-refractivity contribution in [2.45, 2.75) is 25.3 Å². The van der Waals surface area contributed by atoms with Crippen molar-refractivity contribution in [1.29, 1.82) is 0 Å². The highest BCUT2D eigenvalue weighted by Crippen LogP contribution is 2.21. The van der Waals surface area contributed by atoms with Gasteiger partial charge in [-0.15, -0.1) is 12.3 Å². The molecule has 1 aromatic carbocycles. The summed E-state index contributed by atoms with van der Waals surface area (Å²) in [5, 5.41) is 0.761. The summed E-state index contributed by atoms with van der Waals surface area (Å²) in [6.45, 7) is 0. The Morgan fingerprint density at radius 3 is 3.18 bits per heavy atom. The summed E-state index contributed by atoms with van der Waals surface area (Å²) >= 11 is 5.97. The van der Waals surface area contributed by atoms with Gasteiger partial charge in [0.2, 0.25) is 0 Å². The number of nitrogens with zero attached hydrogens (tertiary/aromatic N) is 1. The van der Waals surface area contributed by atoms with Gasteiger partial charge in [-0.25, -0.2) is 0 Å². The summed E-state index contributed by atoms with van der Waals surface area (Å²) in [6.07, 6.45) is 12.0. The van der Waals surface area contributed by atoms with Crippen molar-refractivity contribution in [3.05, 3.63) is 47.0 Å². The number of benzene rings is 1. The molecule has 1 heterocycles. The first kappa shape index (κ1) is 12.0. The van der Waals surface area contributed by atoms with E-state index in [0.717, 1.165) is 29.1 Å². The molecule has 0 N–H and O–H groups in total. The third-order valence-electron chi connectivity index (χ3n) is 2.75. The Kier molecular flexibility index (Phi) is 4.01. The molecule has 1 nitrogen and oxygen atoms in total. The molecule has 0 fully saturated rings. The maximum Gasteiger partial charge on any atom is 0.0687 e. The second-order valence-corrected chi connectivity index (χ2v) is 4.46. The Labute approximate surface area is 107 Å². The topological polar surface area (TPSA) is 12.4 Å². The van der Waals surface area contributed by atoms with E-state index < -0.39 is 0 Å². The molecule has 1 aliphatic rings. The molecular formula is C15H14ClN. The minimum atomic E-state index is 0.275. The maximum atomic E-state index is 5.97. The molecule has 0 aliphatic carbocycles. The zero-order valence-electron chi connectivity index (χ0n) is 9.57. The zero-order valence-corrected chi connectivity index (χ0v) is 10.3. The number of rotatable bonds is 3. The average molecular weight is 244 g/mol. The normalized spacial score (nSPS) is 19.3. The number of hydrogen-bond acceptors (Lipinski definition) is 1. The van der Waals surface area contributed by atoms with Crippen LogP contribution in [0.15, 0.2) is 41.4 Å². The van der Waals surface area contributed by atoms with Crippen molar-refractivity contribution < 1.29 is 0 Å². The molecule has 0 radical (unpaired) electrons. The van der Waals surface area contributed by atoms with Gasteiger partial charge in [-0.3, -0.25) is 4.99 Å². The predicted molar refractivity (Wildman–Crippen MR) is 73.6 cm³/mol. The molecular weight excluding hydrogens is 230 g/mol. The fourth-order valence-corrected chi connectivity index (χ4v) is 2.12. The fourth-order valence-electron chi connectivity index (χ4n) is 1.93. The number of hydrogen-bond donors (Lipinski definition) is 0. The summed E-state index contributed by atoms with van der Waals surface area (Å²) < 4.78 is 0. The fraction of sp³-hybridized carbons (Fsp3) is 0.267. The molecule has 0 bridgehead atoms. The van der Waals surface area contributed by atoms with Crippen LogP contribution < -0.4 is 0 Å². The van der Waals surface area contributed by atoms with Gasteiger partial charge >= 0.3 is 0 Å². The quantitative estimate of drug-likeness (QED) is 0.565. The molecule has 1 atom stereocenters. The van der Waals surface area contributed by atoms with E-state index in [4.69, 9.17) is 18.0 Å². The van der Waals surface area contributed by atoms with Crippen LogP contribution in [0.4, 0.5) is 0 Å². The van der Waals surface area contributed by atoms with Crippen LogP contribution in [0.2, 0.25) is 5.02 Å². The smallest absolute Gasteiger partial charge is 0.0687 e. The minimum absolute atomic E-state index is 0.275. The first-order valence-electron chi connectivity index (χ1n) is 5.72. The molecule has 0 aromatic heterocycles. The van der Waals surface area contributed by atoms with E-state index in [1.807, 2.05) is 24.3 Å². The second kappa shape index (κ2) is 5.70. The first-order valence-corrected chi connectivity index (χ1v) is 6.10.